The van der Waals surface area contributed by atoms with Gasteiger partial charge in [-0.2, -0.15) is 0 Å². The van der Waals surface area contributed by atoms with Crippen molar-refractivity contribution in [2.75, 3.05) is 0 Å². The van der Waals surface area contributed by atoms with Gasteiger partial charge in [0, 0.05) is 12.1 Å². The largest absolute Gasteiger partial charge is 0.507 e. The van der Waals surface area contributed by atoms with Gasteiger partial charge in [-0.05, 0) is 49.4 Å². The summed E-state index contributed by atoms with van der Waals surface area (Å²) in [7, 11) is 0. The first kappa shape index (κ1) is 14.0. The molecule has 2 aromatic carbocycles. The van der Waals surface area contributed by atoms with E-state index in [-0.39, 0.29) is 17.5 Å². The smallest absolute Gasteiger partial charge is 0.124 e. The Morgan fingerprint density at radius 3 is 2.38 bits per heavy atom. The van der Waals surface area contributed by atoms with E-state index in [1.807, 2.05) is 6.92 Å². The van der Waals surface area contributed by atoms with Gasteiger partial charge in [0.25, 0.3) is 0 Å². The van der Waals surface area contributed by atoms with Gasteiger partial charge in [-0.15, -0.1) is 0 Å². The molecule has 0 fully saturated rings. The van der Waals surface area contributed by atoms with E-state index >= 15 is 0 Å². The van der Waals surface area contributed by atoms with Crippen LogP contribution in [0.5, 0.6) is 11.5 Å². The Bertz CT molecular complexity index is 619. The maximum atomic E-state index is 9.95. The lowest BCUT2D eigenvalue weighted by molar-refractivity contribution is 0.381. The zero-order valence-electron chi connectivity index (χ0n) is 12.2. The minimum atomic E-state index is -0.0820. The van der Waals surface area contributed by atoms with Gasteiger partial charge in [0.15, 0.2) is 0 Å². The second kappa shape index (κ2) is 5.78. The highest BCUT2D eigenvalue weighted by atomic mass is 16.3. The van der Waals surface area contributed by atoms with Crippen molar-refractivity contribution in [3.8, 4) is 11.5 Å². The van der Waals surface area contributed by atoms with Crippen LogP contribution in [0, 0.1) is 0 Å². The summed E-state index contributed by atoms with van der Waals surface area (Å²) in [5.41, 5.74) is 3.42. The number of aromatic hydroxyl groups is 2. The molecule has 3 rings (SSSR count). The van der Waals surface area contributed by atoms with Gasteiger partial charge in [-0.1, -0.05) is 30.3 Å². The predicted molar refractivity (Wildman–Crippen MR) is 83.6 cm³/mol. The van der Waals surface area contributed by atoms with Crippen LogP contribution < -0.4 is 5.32 Å². The fourth-order valence-electron chi connectivity index (χ4n) is 3.26. The quantitative estimate of drug-likeness (QED) is 0.810. The van der Waals surface area contributed by atoms with Crippen molar-refractivity contribution in [3.63, 3.8) is 0 Å². The van der Waals surface area contributed by atoms with Crippen LogP contribution in [0.2, 0.25) is 0 Å². The van der Waals surface area contributed by atoms with E-state index in [0.717, 1.165) is 19.3 Å². The summed E-state index contributed by atoms with van der Waals surface area (Å²) in [4.78, 5) is 0. The first-order valence-corrected chi connectivity index (χ1v) is 7.49. The first-order chi connectivity index (χ1) is 10.1. The zero-order valence-corrected chi connectivity index (χ0v) is 12.2. The van der Waals surface area contributed by atoms with Crippen molar-refractivity contribution >= 4 is 0 Å². The van der Waals surface area contributed by atoms with Crippen LogP contribution in [-0.4, -0.2) is 16.3 Å². The number of hydrogen-bond donors (Lipinski definition) is 3. The maximum Gasteiger partial charge on any atom is 0.124 e. The van der Waals surface area contributed by atoms with Crippen LogP contribution in [-0.2, 0) is 12.8 Å². The summed E-state index contributed by atoms with van der Waals surface area (Å²) in [6.45, 7) is 1.98. The number of rotatable bonds is 3. The molecule has 1 aliphatic rings. The Hall–Kier alpha value is -2.00. The molecule has 2 atom stereocenters. The summed E-state index contributed by atoms with van der Waals surface area (Å²) >= 11 is 0. The van der Waals surface area contributed by atoms with E-state index in [1.54, 1.807) is 18.2 Å². The third-order valence-electron chi connectivity index (χ3n) is 4.33. The standard InChI is InChI=1S/C18H21NO2/c1-12(18-16(20)7-4-8-17(18)21)19-15-10-9-13-5-2-3-6-14(13)11-15/h2-8,12,15,19-21H,9-11H2,1H3. The van der Waals surface area contributed by atoms with Gasteiger partial charge in [0.1, 0.15) is 11.5 Å². The van der Waals surface area contributed by atoms with Gasteiger partial charge in [-0.3, -0.25) is 0 Å². The Labute approximate surface area is 125 Å². The van der Waals surface area contributed by atoms with E-state index in [9.17, 15) is 10.2 Å². The van der Waals surface area contributed by atoms with E-state index in [1.165, 1.54) is 11.1 Å². The minimum Gasteiger partial charge on any atom is -0.507 e. The van der Waals surface area contributed by atoms with Crippen molar-refractivity contribution in [3.05, 3.63) is 59.2 Å². The summed E-state index contributed by atoms with van der Waals surface area (Å²) in [5, 5.41) is 23.4. The molecular formula is C18H21NO2. The number of phenols is 2. The molecule has 0 aliphatic heterocycles. The third-order valence-corrected chi connectivity index (χ3v) is 4.33. The molecular weight excluding hydrogens is 262 g/mol. The molecule has 2 unspecified atom stereocenters. The number of benzene rings is 2. The second-order valence-electron chi connectivity index (χ2n) is 5.81. The van der Waals surface area contributed by atoms with Crippen LogP contribution in [0.15, 0.2) is 42.5 Å². The topological polar surface area (TPSA) is 52.5 Å². The van der Waals surface area contributed by atoms with Gasteiger partial charge in [0.2, 0.25) is 0 Å². The van der Waals surface area contributed by atoms with Crippen LogP contribution in [0.25, 0.3) is 0 Å². The second-order valence-corrected chi connectivity index (χ2v) is 5.81. The Morgan fingerprint density at radius 1 is 1.00 bits per heavy atom. The molecule has 0 spiro atoms. The molecule has 0 aromatic heterocycles. The van der Waals surface area contributed by atoms with Crippen LogP contribution in [0.3, 0.4) is 0 Å². The van der Waals surface area contributed by atoms with E-state index < -0.39 is 0 Å². The lowest BCUT2D eigenvalue weighted by Gasteiger charge is -2.29. The molecule has 2 aromatic rings. The maximum absolute atomic E-state index is 9.95. The predicted octanol–water partition coefficient (Wildman–Crippen LogP) is 3.31. The monoisotopic (exact) mass is 283 g/mol. The average Bonchev–Trinajstić information content (AvgIpc) is 2.47. The fourth-order valence-corrected chi connectivity index (χ4v) is 3.26. The van der Waals surface area contributed by atoms with Crippen molar-refractivity contribution in [2.24, 2.45) is 0 Å². The molecule has 0 radical (unpaired) electrons. The molecule has 0 amide bonds. The SMILES string of the molecule is CC(NC1CCc2ccccc2C1)c1c(O)cccc1O. The molecule has 0 saturated carbocycles. The first-order valence-electron chi connectivity index (χ1n) is 7.49. The molecule has 21 heavy (non-hydrogen) atoms. The van der Waals surface area contributed by atoms with Gasteiger partial charge in [-0.25, -0.2) is 0 Å². The fraction of sp³-hybridized carbons (Fsp3) is 0.333. The number of aryl methyl sites for hydroxylation is 1. The van der Waals surface area contributed by atoms with Crippen LogP contribution in [0.4, 0.5) is 0 Å². The molecule has 1 aliphatic carbocycles. The summed E-state index contributed by atoms with van der Waals surface area (Å²) in [6, 6.07) is 13.7. The number of fused-ring (bicyclic) bond motifs is 1. The molecule has 0 saturated heterocycles. The normalized spacial score (nSPS) is 19.0. The molecule has 0 heterocycles. The van der Waals surface area contributed by atoms with Crippen molar-refractivity contribution in [2.45, 2.75) is 38.3 Å². The lowest BCUT2D eigenvalue weighted by Crippen LogP contribution is -2.36. The van der Waals surface area contributed by atoms with Crippen molar-refractivity contribution in [1.82, 2.24) is 5.32 Å². The molecule has 110 valence electrons. The molecule has 3 nitrogen and oxygen atoms in total. The van der Waals surface area contributed by atoms with Crippen LogP contribution >= 0.6 is 0 Å². The number of phenolic OH excluding ortho intramolecular Hbond substituents is 2. The Kier molecular flexibility index (Phi) is 3.84. The van der Waals surface area contributed by atoms with E-state index in [4.69, 9.17) is 0 Å². The highest BCUT2D eigenvalue weighted by Gasteiger charge is 2.22. The van der Waals surface area contributed by atoms with Gasteiger partial charge in [0.05, 0.1) is 5.56 Å². The third kappa shape index (κ3) is 2.88. The number of hydrogen-bond acceptors (Lipinski definition) is 3. The molecule has 3 N–H and O–H groups in total. The zero-order chi connectivity index (χ0) is 14.8. The summed E-state index contributed by atoms with van der Waals surface area (Å²) in [5.74, 6) is 0.289. The minimum absolute atomic E-state index is 0.0820. The van der Waals surface area contributed by atoms with Crippen molar-refractivity contribution in [1.29, 1.82) is 0 Å². The Morgan fingerprint density at radius 2 is 1.67 bits per heavy atom. The Balaban J connectivity index is 1.73. The lowest BCUT2D eigenvalue weighted by atomic mass is 9.87. The summed E-state index contributed by atoms with van der Waals surface area (Å²) in [6.07, 6.45) is 3.15. The highest BCUT2D eigenvalue weighted by Crippen LogP contribution is 2.33. The summed E-state index contributed by atoms with van der Waals surface area (Å²) < 4.78 is 0. The van der Waals surface area contributed by atoms with E-state index in [2.05, 4.69) is 29.6 Å². The molecule has 0 bridgehead atoms. The van der Waals surface area contributed by atoms with Gasteiger partial charge < -0.3 is 15.5 Å². The van der Waals surface area contributed by atoms with E-state index in [0.29, 0.717) is 11.6 Å². The van der Waals surface area contributed by atoms with Gasteiger partial charge >= 0.3 is 0 Å². The van der Waals surface area contributed by atoms with Crippen molar-refractivity contribution < 1.29 is 10.2 Å². The van der Waals surface area contributed by atoms with Crippen LogP contribution in [0.1, 0.15) is 36.1 Å². The highest BCUT2D eigenvalue weighted by molar-refractivity contribution is 5.45. The average molecular weight is 283 g/mol. The number of nitrogens with one attached hydrogen (secondary N) is 1. The molecule has 3 heteroatoms.